The summed E-state index contributed by atoms with van der Waals surface area (Å²) >= 11 is 0. The molecule has 3 heterocycles. The number of nitrogens with two attached hydrogens (primary N) is 2. The Morgan fingerprint density at radius 2 is 1.63 bits per heavy atom. The van der Waals surface area contributed by atoms with Crippen LogP contribution in [0.5, 0.6) is 5.75 Å². The fraction of sp³-hybridized carbons (Fsp3) is 0.444. The smallest absolute Gasteiger partial charge is 0.254 e. The number of carbonyl (C=O) groups excluding carboxylic acids is 2. The molecule has 8 nitrogen and oxygen atoms in total. The van der Waals surface area contributed by atoms with Crippen LogP contribution in [-0.4, -0.2) is 92.7 Å². The lowest BCUT2D eigenvalue weighted by molar-refractivity contribution is -0.655. The third-order valence-electron chi connectivity index (χ3n) is 9.27. The second-order valence-corrected chi connectivity index (χ2v) is 13.1. The van der Waals surface area contributed by atoms with Crippen LogP contribution in [0.1, 0.15) is 47.4 Å². The standard InChI is InChI=1S/C36H43F2N5O3/c1-24(2)17-31-23-42(35(44)27-18-29(38)21-30(19-27)41-13-11-39-12-14-41)15-16-43(31)36(45)26-5-8-34(46-32-9-10-40-22-32)33(20-26)25-3-6-28(37)7-4-25/h3-8,18-21,24,31-32,39-40H,9-17,22-23H2,1-2H3/p+2/t31-,32-/m0/s1. The number of carbonyl (C=O) groups is 2. The van der Waals surface area contributed by atoms with Crippen LogP contribution in [0.2, 0.25) is 0 Å². The van der Waals surface area contributed by atoms with Gasteiger partial charge >= 0.3 is 0 Å². The van der Waals surface area contributed by atoms with Gasteiger partial charge in [-0.25, -0.2) is 8.78 Å². The van der Waals surface area contributed by atoms with E-state index in [1.54, 1.807) is 29.2 Å². The molecule has 4 N–H and O–H groups in total. The van der Waals surface area contributed by atoms with Crippen molar-refractivity contribution < 1.29 is 33.7 Å². The molecule has 3 saturated heterocycles. The van der Waals surface area contributed by atoms with Gasteiger partial charge in [0.1, 0.15) is 23.9 Å². The van der Waals surface area contributed by atoms with Crippen molar-refractivity contribution in [1.29, 1.82) is 0 Å². The minimum absolute atomic E-state index is 0.0781. The van der Waals surface area contributed by atoms with E-state index in [1.165, 1.54) is 24.3 Å². The maximum Gasteiger partial charge on any atom is 0.254 e. The Hall–Kier alpha value is -4.02. The Morgan fingerprint density at radius 1 is 0.848 bits per heavy atom. The molecule has 0 aromatic heterocycles. The highest BCUT2D eigenvalue weighted by Gasteiger charge is 2.34. The van der Waals surface area contributed by atoms with Crippen LogP contribution in [0.3, 0.4) is 0 Å². The summed E-state index contributed by atoms with van der Waals surface area (Å²) in [4.78, 5) is 33.7. The number of hydrogen-bond donors (Lipinski definition) is 2. The van der Waals surface area contributed by atoms with Crippen LogP contribution in [0, 0.1) is 17.6 Å². The van der Waals surface area contributed by atoms with E-state index in [0.717, 1.165) is 68.9 Å². The molecule has 10 heteroatoms. The molecule has 2 atom stereocenters. The van der Waals surface area contributed by atoms with Gasteiger partial charge in [0.05, 0.1) is 32.7 Å². The van der Waals surface area contributed by atoms with Crippen molar-refractivity contribution in [2.75, 3.05) is 63.8 Å². The Labute approximate surface area is 269 Å². The summed E-state index contributed by atoms with van der Waals surface area (Å²) in [6.45, 7) is 10.7. The zero-order valence-corrected chi connectivity index (χ0v) is 26.8. The first-order valence-corrected chi connectivity index (χ1v) is 16.6. The first kappa shape index (κ1) is 31.9. The van der Waals surface area contributed by atoms with E-state index in [1.807, 2.05) is 17.0 Å². The Morgan fingerprint density at radius 3 is 2.35 bits per heavy atom. The molecule has 3 aliphatic heterocycles. The number of rotatable bonds is 8. The molecule has 3 aromatic carbocycles. The van der Waals surface area contributed by atoms with Gasteiger partial charge in [0, 0.05) is 54.5 Å². The topological polar surface area (TPSA) is 86.3 Å². The van der Waals surface area contributed by atoms with E-state index >= 15 is 0 Å². The molecule has 0 bridgehead atoms. The van der Waals surface area contributed by atoms with E-state index in [4.69, 9.17) is 4.74 Å². The summed E-state index contributed by atoms with van der Waals surface area (Å²) in [6, 6.07) is 16.2. The summed E-state index contributed by atoms with van der Waals surface area (Å²) in [5, 5.41) is 4.46. The lowest BCUT2D eigenvalue weighted by Gasteiger charge is -2.42. The molecule has 3 aromatic rings. The second kappa shape index (κ2) is 14.2. The second-order valence-electron chi connectivity index (χ2n) is 13.1. The van der Waals surface area contributed by atoms with Gasteiger partial charge in [-0.2, -0.15) is 0 Å². The van der Waals surface area contributed by atoms with E-state index in [2.05, 4.69) is 29.4 Å². The number of ether oxygens (including phenoxy) is 1. The normalized spacial score (nSPS) is 20.3. The van der Waals surface area contributed by atoms with Crippen molar-refractivity contribution in [2.45, 2.75) is 38.8 Å². The number of nitrogens with zero attached hydrogens (tertiary/aromatic N) is 3. The maximum atomic E-state index is 14.7. The monoisotopic (exact) mass is 633 g/mol. The number of anilines is 1. The van der Waals surface area contributed by atoms with E-state index in [9.17, 15) is 18.4 Å². The Kier molecular flexibility index (Phi) is 9.84. The molecule has 46 heavy (non-hydrogen) atoms. The van der Waals surface area contributed by atoms with Crippen molar-refractivity contribution in [3.63, 3.8) is 0 Å². The van der Waals surface area contributed by atoms with E-state index in [0.29, 0.717) is 42.4 Å². The molecule has 2 amide bonds. The fourth-order valence-corrected chi connectivity index (χ4v) is 6.92. The van der Waals surface area contributed by atoms with Gasteiger partial charge < -0.3 is 30.1 Å². The average molecular weight is 634 g/mol. The highest BCUT2D eigenvalue weighted by Crippen LogP contribution is 2.34. The molecular formula is C36H45F2N5O3+2. The molecular weight excluding hydrogens is 588 g/mol. The predicted octanol–water partition coefficient (Wildman–Crippen LogP) is 2.74. The summed E-state index contributed by atoms with van der Waals surface area (Å²) in [6.07, 6.45) is 1.74. The Balaban J connectivity index is 1.23. The van der Waals surface area contributed by atoms with Crippen LogP contribution in [0.15, 0.2) is 60.7 Å². The number of benzene rings is 3. The number of quaternary nitrogens is 2. The third kappa shape index (κ3) is 7.34. The zero-order chi connectivity index (χ0) is 32.2. The van der Waals surface area contributed by atoms with Gasteiger partial charge in [-0.15, -0.1) is 0 Å². The minimum atomic E-state index is -0.418. The lowest BCUT2D eigenvalue weighted by Crippen LogP contribution is -2.89. The van der Waals surface area contributed by atoms with E-state index in [-0.39, 0.29) is 29.8 Å². The van der Waals surface area contributed by atoms with Crippen LogP contribution < -0.4 is 20.3 Å². The molecule has 0 spiro atoms. The van der Waals surface area contributed by atoms with Gasteiger partial charge in [-0.1, -0.05) is 26.0 Å². The quantitative estimate of drug-likeness (QED) is 0.400. The third-order valence-corrected chi connectivity index (χ3v) is 9.27. The largest absolute Gasteiger partial charge is 0.484 e. The minimum Gasteiger partial charge on any atom is -0.484 e. The molecule has 0 unspecified atom stereocenters. The summed E-state index contributed by atoms with van der Waals surface area (Å²) in [5.41, 5.74) is 3.12. The number of halogens is 2. The summed E-state index contributed by atoms with van der Waals surface area (Å²) in [5.74, 6) is -0.104. The van der Waals surface area contributed by atoms with Crippen molar-refractivity contribution in [2.24, 2.45) is 5.92 Å². The molecule has 0 radical (unpaired) electrons. The van der Waals surface area contributed by atoms with Crippen LogP contribution in [0.25, 0.3) is 11.1 Å². The fourth-order valence-electron chi connectivity index (χ4n) is 6.92. The number of hydrogen-bond acceptors (Lipinski definition) is 4. The SMILES string of the molecule is CC(C)C[C@H]1CN(C(=O)c2cc(F)cc(N3CC[NH2+]CC3)c2)CCN1C(=O)c1ccc(O[C@H]2CC[NH2+]C2)c(-c2ccc(F)cc2)c1. The summed E-state index contributed by atoms with van der Waals surface area (Å²) in [7, 11) is 0. The zero-order valence-electron chi connectivity index (χ0n) is 26.8. The lowest BCUT2D eigenvalue weighted by atomic mass is 9.97. The van der Waals surface area contributed by atoms with Crippen LogP contribution >= 0.6 is 0 Å². The van der Waals surface area contributed by atoms with Crippen LogP contribution in [0.4, 0.5) is 14.5 Å². The molecule has 3 aliphatic rings. The van der Waals surface area contributed by atoms with Crippen molar-refractivity contribution in [1.82, 2.24) is 9.80 Å². The highest BCUT2D eigenvalue weighted by molar-refractivity contribution is 5.98. The molecule has 244 valence electrons. The van der Waals surface area contributed by atoms with Gasteiger partial charge in [0.2, 0.25) is 0 Å². The van der Waals surface area contributed by atoms with Gasteiger partial charge in [0.15, 0.2) is 6.10 Å². The summed E-state index contributed by atoms with van der Waals surface area (Å²) < 4.78 is 34.9. The Bertz CT molecular complexity index is 1540. The van der Waals surface area contributed by atoms with Crippen molar-refractivity contribution >= 4 is 17.5 Å². The first-order valence-electron chi connectivity index (χ1n) is 16.6. The molecule has 0 saturated carbocycles. The van der Waals surface area contributed by atoms with Crippen LogP contribution in [-0.2, 0) is 0 Å². The first-order chi connectivity index (χ1) is 22.2. The molecule has 3 fully saturated rings. The van der Waals surface area contributed by atoms with Gasteiger partial charge in [-0.3, -0.25) is 9.59 Å². The van der Waals surface area contributed by atoms with E-state index < -0.39 is 5.82 Å². The van der Waals surface area contributed by atoms with Crippen molar-refractivity contribution in [3.05, 3.63) is 83.4 Å². The van der Waals surface area contributed by atoms with Gasteiger partial charge in [-0.05, 0) is 66.4 Å². The molecule has 6 rings (SSSR count). The van der Waals surface area contributed by atoms with Gasteiger partial charge in [0.25, 0.3) is 11.8 Å². The number of amides is 2. The highest BCUT2D eigenvalue weighted by atomic mass is 19.1. The molecule has 0 aliphatic carbocycles. The average Bonchev–Trinajstić information content (AvgIpc) is 3.58. The maximum absolute atomic E-state index is 14.7. The number of piperazine rings is 2. The van der Waals surface area contributed by atoms with Crippen molar-refractivity contribution in [3.8, 4) is 16.9 Å². The predicted molar refractivity (Wildman–Crippen MR) is 173 cm³/mol.